The van der Waals surface area contributed by atoms with E-state index in [1.807, 2.05) is 24.5 Å². The number of anilines is 1. The molecule has 2 fully saturated rings. The predicted octanol–water partition coefficient (Wildman–Crippen LogP) is 4.33. The van der Waals surface area contributed by atoms with Crippen LogP contribution in [0.2, 0.25) is 5.02 Å². The summed E-state index contributed by atoms with van der Waals surface area (Å²) in [5, 5.41) is 0.210. The summed E-state index contributed by atoms with van der Waals surface area (Å²) in [7, 11) is 0. The Morgan fingerprint density at radius 1 is 1.27 bits per heavy atom. The van der Waals surface area contributed by atoms with E-state index in [1.165, 1.54) is 24.5 Å². The molecule has 22 heavy (non-hydrogen) atoms. The number of hydrogen-bond acceptors (Lipinski definition) is 2. The fourth-order valence-electron chi connectivity index (χ4n) is 4.05. The van der Waals surface area contributed by atoms with Crippen molar-refractivity contribution in [2.75, 3.05) is 18.0 Å². The van der Waals surface area contributed by atoms with Crippen LogP contribution in [0.5, 0.6) is 0 Å². The van der Waals surface area contributed by atoms with Gasteiger partial charge in [0.2, 0.25) is 0 Å². The van der Waals surface area contributed by atoms with E-state index in [1.54, 1.807) is 6.07 Å². The number of halogens is 2. The molecule has 0 atom stereocenters. The van der Waals surface area contributed by atoms with E-state index >= 15 is 0 Å². The van der Waals surface area contributed by atoms with Crippen molar-refractivity contribution in [3.8, 4) is 0 Å². The number of hydrogen-bond donors (Lipinski definition) is 0. The van der Waals surface area contributed by atoms with Crippen LogP contribution in [0.3, 0.4) is 0 Å². The maximum atomic E-state index is 13.2. The van der Waals surface area contributed by atoms with Crippen LogP contribution in [0.25, 0.3) is 0 Å². The van der Waals surface area contributed by atoms with Gasteiger partial charge in [0.25, 0.3) is 0 Å². The summed E-state index contributed by atoms with van der Waals surface area (Å²) in [6, 6.07) is 9.17. The van der Waals surface area contributed by atoms with Gasteiger partial charge in [0.15, 0.2) is 0 Å². The molecule has 1 aliphatic carbocycles. The zero-order chi connectivity index (χ0) is 15.2. The zero-order valence-corrected chi connectivity index (χ0v) is 13.1. The van der Waals surface area contributed by atoms with Gasteiger partial charge in [0, 0.05) is 36.6 Å². The molecule has 0 bridgehead atoms. The van der Waals surface area contributed by atoms with Gasteiger partial charge in [-0.15, -0.1) is 0 Å². The van der Waals surface area contributed by atoms with Crippen LogP contribution in [-0.4, -0.2) is 18.1 Å². The summed E-state index contributed by atoms with van der Waals surface area (Å²) in [6.45, 7) is 2.14. The van der Waals surface area contributed by atoms with Crippen LogP contribution in [0.1, 0.15) is 18.4 Å². The molecule has 1 aliphatic heterocycles. The molecule has 1 aromatic heterocycles. The fourth-order valence-corrected chi connectivity index (χ4v) is 4.22. The van der Waals surface area contributed by atoms with Crippen LogP contribution < -0.4 is 4.90 Å². The second-order valence-electron chi connectivity index (χ2n) is 6.79. The van der Waals surface area contributed by atoms with Gasteiger partial charge in [-0.3, -0.25) is 4.98 Å². The molecule has 1 saturated carbocycles. The average Bonchev–Trinajstić information content (AvgIpc) is 2.44. The van der Waals surface area contributed by atoms with E-state index in [9.17, 15) is 4.39 Å². The molecule has 1 aromatic carbocycles. The minimum Gasteiger partial charge on any atom is -0.370 e. The molecular weight excluding hydrogens is 299 g/mol. The molecule has 1 spiro atoms. The summed E-state index contributed by atoms with van der Waals surface area (Å²) >= 11 is 5.86. The van der Waals surface area contributed by atoms with Crippen molar-refractivity contribution < 1.29 is 4.39 Å². The summed E-state index contributed by atoms with van der Waals surface area (Å²) < 4.78 is 13.2. The van der Waals surface area contributed by atoms with Crippen molar-refractivity contribution in [3.63, 3.8) is 0 Å². The van der Waals surface area contributed by atoms with Crippen LogP contribution in [0.15, 0.2) is 42.7 Å². The van der Waals surface area contributed by atoms with Gasteiger partial charge in [-0.25, -0.2) is 4.39 Å². The lowest BCUT2D eigenvalue weighted by Gasteiger charge is -2.60. The van der Waals surface area contributed by atoms with Crippen molar-refractivity contribution in [1.29, 1.82) is 0 Å². The second-order valence-corrected chi connectivity index (χ2v) is 7.20. The molecule has 114 valence electrons. The Morgan fingerprint density at radius 2 is 2.09 bits per heavy atom. The molecule has 2 aromatic rings. The van der Waals surface area contributed by atoms with E-state index in [-0.39, 0.29) is 10.8 Å². The fraction of sp³-hybridized carbons (Fsp3) is 0.389. The lowest BCUT2D eigenvalue weighted by atomic mass is 9.56. The Bertz CT molecular complexity index is 675. The summed E-state index contributed by atoms with van der Waals surface area (Å²) in [4.78, 5) is 6.48. The van der Waals surface area contributed by atoms with E-state index in [4.69, 9.17) is 11.6 Å². The standard InChI is InChI=1S/C18H18ClFN2/c19-16-7-15(3-4-17(16)20)22-11-18(12-22)8-14(9-18)6-13-2-1-5-21-10-13/h1-5,7,10,14H,6,8-9,11-12H2. The largest absolute Gasteiger partial charge is 0.370 e. The van der Waals surface area contributed by atoms with Crippen LogP contribution in [0.4, 0.5) is 10.1 Å². The minimum atomic E-state index is -0.346. The highest BCUT2D eigenvalue weighted by molar-refractivity contribution is 6.31. The second kappa shape index (κ2) is 5.24. The van der Waals surface area contributed by atoms with Crippen molar-refractivity contribution in [3.05, 3.63) is 59.1 Å². The van der Waals surface area contributed by atoms with Gasteiger partial charge in [0.05, 0.1) is 5.02 Å². The van der Waals surface area contributed by atoms with Gasteiger partial charge >= 0.3 is 0 Å². The first-order valence-corrected chi connectivity index (χ1v) is 8.10. The molecular formula is C18H18ClFN2. The average molecular weight is 317 g/mol. The molecule has 0 radical (unpaired) electrons. The Kier molecular flexibility index (Phi) is 3.33. The molecule has 0 unspecified atom stereocenters. The van der Waals surface area contributed by atoms with Gasteiger partial charge in [-0.1, -0.05) is 17.7 Å². The number of rotatable bonds is 3. The maximum Gasteiger partial charge on any atom is 0.141 e. The molecule has 0 N–H and O–H groups in total. The minimum absolute atomic E-state index is 0.210. The lowest BCUT2D eigenvalue weighted by molar-refractivity contribution is 0.0240. The Morgan fingerprint density at radius 3 is 2.77 bits per heavy atom. The summed E-state index contributed by atoms with van der Waals surface area (Å²) in [5.41, 5.74) is 2.85. The molecule has 4 rings (SSSR count). The number of pyridine rings is 1. The Balaban J connectivity index is 1.32. The monoisotopic (exact) mass is 316 g/mol. The highest BCUT2D eigenvalue weighted by Gasteiger charge is 2.51. The Labute approximate surface area is 134 Å². The maximum absolute atomic E-state index is 13.2. The van der Waals surface area contributed by atoms with Gasteiger partial charge in [-0.2, -0.15) is 0 Å². The first kappa shape index (κ1) is 14.0. The van der Waals surface area contributed by atoms with E-state index in [0.29, 0.717) is 5.41 Å². The summed E-state index contributed by atoms with van der Waals surface area (Å²) in [5.74, 6) is 0.434. The topological polar surface area (TPSA) is 16.1 Å². The van der Waals surface area contributed by atoms with Crippen molar-refractivity contribution in [2.45, 2.75) is 19.3 Å². The SMILES string of the molecule is Fc1ccc(N2CC3(CC(Cc4cccnc4)C3)C2)cc1Cl. The highest BCUT2D eigenvalue weighted by atomic mass is 35.5. The van der Waals surface area contributed by atoms with Gasteiger partial charge < -0.3 is 4.90 Å². The smallest absolute Gasteiger partial charge is 0.141 e. The van der Waals surface area contributed by atoms with Crippen molar-refractivity contribution >= 4 is 17.3 Å². The quantitative estimate of drug-likeness (QED) is 0.837. The van der Waals surface area contributed by atoms with Crippen LogP contribution >= 0.6 is 11.6 Å². The van der Waals surface area contributed by atoms with Gasteiger partial charge in [0.1, 0.15) is 5.82 Å². The van der Waals surface area contributed by atoms with E-state index in [2.05, 4.69) is 16.0 Å². The highest BCUT2D eigenvalue weighted by Crippen LogP contribution is 2.53. The predicted molar refractivity (Wildman–Crippen MR) is 86.7 cm³/mol. The normalized spacial score (nSPS) is 19.8. The summed E-state index contributed by atoms with van der Waals surface area (Å²) in [6.07, 6.45) is 7.50. The first-order valence-electron chi connectivity index (χ1n) is 7.72. The lowest BCUT2D eigenvalue weighted by Crippen LogP contribution is -2.62. The molecule has 2 nitrogen and oxygen atoms in total. The zero-order valence-electron chi connectivity index (χ0n) is 12.3. The third kappa shape index (κ3) is 2.48. The molecule has 2 heterocycles. The molecule has 2 aliphatic rings. The van der Waals surface area contributed by atoms with Crippen molar-refractivity contribution in [1.82, 2.24) is 4.98 Å². The number of benzene rings is 1. The van der Waals surface area contributed by atoms with E-state index in [0.717, 1.165) is 31.1 Å². The number of aromatic nitrogens is 1. The third-order valence-corrected chi connectivity index (χ3v) is 5.30. The van der Waals surface area contributed by atoms with Crippen LogP contribution in [-0.2, 0) is 6.42 Å². The van der Waals surface area contributed by atoms with E-state index < -0.39 is 0 Å². The van der Waals surface area contributed by atoms with Gasteiger partial charge in [-0.05, 0) is 55.0 Å². The molecule has 1 saturated heterocycles. The number of nitrogens with zero attached hydrogens (tertiary/aromatic N) is 2. The van der Waals surface area contributed by atoms with Crippen LogP contribution in [0, 0.1) is 17.2 Å². The van der Waals surface area contributed by atoms with Crippen molar-refractivity contribution in [2.24, 2.45) is 11.3 Å². The first-order chi connectivity index (χ1) is 10.6. The molecule has 4 heteroatoms. The third-order valence-electron chi connectivity index (χ3n) is 5.01. The Hall–Kier alpha value is -1.61. The molecule has 0 amide bonds.